The topological polar surface area (TPSA) is 133 Å². The number of nitrogens with two attached hydrogens (primary N) is 1. The van der Waals surface area contributed by atoms with Crippen molar-refractivity contribution in [3.05, 3.63) is 87.3 Å². The van der Waals surface area contributed by atoms with Crippen LogP contribution in [0.5, 0.6) is 0 Å². The van der Waals surface area contributed by atoms with Crippen molar-refractivity contribution in [2.45, 2.75) is 65.6 Å². The number of hydrogen-bond donors (Lipinski definition) is 4. The number of nitrogens with one attached hydrogen (secondary N) is 2. The van der Waals surface area contributed by atoms with Gasteiger partial charge >= 0.3 is 0 Å². The van der Waals surface area contributed by atoms with Gasteiger partial charge in [0.25, 0.3) is 0 Å². The van der Waals surface area contributed by atoms with Gasteiger partial charge in [-0.05, 0) is 70.5 Å². The van der Waals surface area contributed by atoms with Crippen LogP contribution in [0.25, 0.3) is 15.0 Å². The number of aliphatic imine (C=N–C) groups is 1. The summed E-state index contributed by atoms with van der Waals surface area (Å²) < 4.78 is 15.0. The molecule has 5 N–H and O–H groups in total. The first-order valence-electron chi connectivity index (χ1n) is 15.3. The minimum absolute atomic E-state index is 0.154. The normalized spacial score (nSPS) is 16.9. The average Bonchev–Trinajstić information content (AvgIpc) is 3.65. The van der Waals surface area contributed by atoms with E-state index < -0.39 is 0 Å². The number of aromatic nitrogens is 1. The summed E-state index contributed by atoms with van der Waals surface area (Å²) in [5.74, 6) is 1.11. The standard InChI is InChI=1S/C25H32FN3O2S.C9H11N3S.CH4O/c1-6-17(3)25(19-9-8-10-20(26)13-19)32-23(7-2)18(4)28-21(15-30)14-27-24-12-11-22(16-31)29(24)5;1-11-5-7-2-6-4-12-9(10)3-8(6)13-7;1-2/h7-10,13-16,18,22,28H,6,11-12H2,1-5H3;2-4,11H,5H2,1H3,(H2,10,12);2H,1H3/b21-14+,23-7-,25-17?,27-24?;;. The van der Waals surface area contributed by atoms with E-state index in [-0.39, 0.29) is 17.9 Å². The molecule has 9 nitrogen and oxygen atoms in total. The minimum Gasteiger partial charge on any atom is -0.400 e. The fourth-order valence-electron chi connectivity index (χ4n) is 4.68. The number of benzene rings is 1. The van der Waals surface area contributed by atoms with Crippen LogP contribution in [0, 0.1) is 5.82 Å². The number of amidine groups is 1. The number of likely N-dealkylation sites (tertiary alicyclic amines) is 1. The number of thiophene rings is 1. The number of likely N-dealkylation sites (N-methyl/N-ethyl adjacent to an activating group) is 1. The van der Waals surface area contributed by atoms with Crippen LogP contribution >= 0.6 is 23.1 Å². The van der Waals surface area contributed by atoms with E-state index in [0.717, 1.165) is 60.3 Å². The summed E-state index contributed by atoms with van der Waals surface area (Å²) in [6, 6.07) is 10.4. The van der Waals surface area contributed by atoms with Crippen LogP contribution in [0.3, 0.4) is 0 Å². The zero-order valence-corrected chi connectivity index (χ0v) is 29.8. The Balaban J connectivity index is 0.000000421. The molecule has 0 bridgehead atoms. The molecule has 3 aromatic rings. The van der Waals surface area contributed by atoms with E-state index in [1.807, 2.05) is 57.2 Å². The van der Waals surface area contributed by atoms with Gasteiger partial charge < -0.3 is 31.2 Å². The van der Waals surface area contributed by atoms with Crippen LogP contribution in [0.15, 0.2) is 76.0 Å². The van der Waals surface area contributed by atoms with Crippen molar-refractivity contribution in [2.24, 2.45) is 4.99 Å². The summed E-state index contributed by atoms with van der Waals surface area (Å²) >= 11 is 3.33. The Labute approximate surface area is 285 Å². The highest BCUT2D eigenvalue weighted by Crippen LogP contribution is 2.38. The molecule has 0 amide bonds. The van der Waals surface area contributed by atoms with Gasteiger partial charge in [-0.2, -0.15) is 0 Å². The molecule has 1 saturated heterocycles. The predicted octanol–water partition coefficient (Wildman–Crippen LogP) is 6.52. The Morgan fingerprint density at radius 3 is 2.64 bits per heavy atom. The molecule has 47 heavy (non-hydrogen) atoms. The molecule has 4 rings (SSSR count). The van der Waals surface area contributed by atoms with Crippen molar-refractivity contribution in [2.75, 3.05) is 26.9 Å². The number of nitrogen functional groups attached to an aromatic ring is 1. The number of fused-ring (bicyclic) bond motifs is 1. The third-order valence-corrected chi connectivity index (χ3v) is 10.1. The number of aliphatic hydroxyl groups is 1. The largest absolute Gasteiger partial charge is 0.400 e. The molecule has 0 aliphatic carbocycles. The fourth-order valence-corrected chi connectivity index (χ4v) is 6.93. The molecule has 2 unspecified atom stereocenters. The number of thioether (sulfide) groups is 1. The summed E-state index contributed by atoms with van der Waals surface area (Å²) in [5.41, 5.74) is 7.95. The summed E-state index contributed by atoms with van der Waals surface area (Å²) in [7, 11) is 4.78. The first-order valence-corrected chi connectivity index (χ1v) is 17.0. The minimum atomic E-state index is -0.267. The number of nitrogens with zero attached hydrogens (tertiary/aromatic N) is 3. The highest BCUT2D eigenvalue weighted by molar-refractivity contribution is 8.11. The summed E-state index contributed by atoms with van der Waals surface area (Å²) in [4.78, 5) is 36.4. The number of allylic oxidation sites excluding steroid dienone is 3. The number of carbonyl (C=O) groups excluding carboxylic acids is 2. The summed E-state index contributed by atoms with van der Waals surface area (Å²) in [5, 5.41) is 14.5. The lowest BCUT2D eigenvalue weighted by Gasteiger charge is -2.21. The van der Waals surface area contributed by atoms with E-state index in [9.17, 15) is 14.0 Å². The molecule has 1 fully saturated rings. The van der Waals surface area contributed by atoms with Crippen molar-refractivity contribution in [3.8, 4) is 0 Å². The SMILES string of the molecule is C/C=C(\SC(=C(C)CC)c1cccc(F)c1)C(C)N/C(C=O)=C/N=C1CCC(C=O)N1C.CNCc1cc2cnc(N)cc2s1.CO. The predicted molar refractivity (Wildman–Crippen MR) is 197 cm³/mol. The zero-order chi connectivity index (χ0) is 34.9. The molecule has 2 aromatic heterocycles. The van der Waals surface area contributed by atoms with Gasteiger partial charge in [-0.3, -0.25) is 4.79 Å². The van der Waals surface area contributed by atoms with E-state index in [2.05, 4.69) is 40.5 Å². The fraction of sp³-hybridized carbons (Fsp3) is 0.371. The number of aldehydes is 2. The second-order valence-corrected chi connectivity index (χ2v) is 12.9. The molecule has 0 radical (unpaired) electrons. The van der Waals surface area contributed by atoms with Crippen molar-refractivity contribution < 1.29 is 19.1 Å². The molecular formula is C35H47FN6O3S2. The van der Waals surface area contributed by atoms with Crippen LogP contribution in [0.2, 0.25) is 0 Å². The molecule has 0 saturated carbocycles. The number of anilines is 1. The number of aliphatic hydroxyl groups excluding tert-OH is 1. The zero-order valence-electron chi connectivity index (χ0n) is 28.2. The number of rotatable bonds is 12. The van der Waals surface area contributed by atoms with E-state index in [1.54, 1.807) is 35.2 Å². The highest BCUT2D eigenvalue weighted by Gasteiger charge is 2.25. The van der Waals surface area contributed by atoms with Crippen LogP contribution in [0.4, 0.5) is 10.2 Å². The average molecular weight is 683 g/mol. The molecule has 0 spiro atoms. The van der Waals surface area contributed by atoms with E-state index >= 15 is 0 Å². The maximum atomic E-state index is 13.8. The third kappa shape index (κ3) is 11.7. The van der Waals surface area contributed by atoms with Gasteiger partial charge in [-0.1, -0.05) is 42.5 Å². The van der Waals surface area contributed by atoms with Gasteiger partial charge in [-0.25, -0.2) is 14.4 Å². The molecular weight excluding hydrogens is 636 g/mol. The van der Waals surface area contributed by atoms with Crippen LogP contribution < -0.4 is 16.4 Å². The van der Waals surface area contributed by atoms with Gasteiger partial charge in [-0.15, -0.1) is 11.3 Å². The highest BCUT2D eigenvalue weighted by atomic mass is 32.2. The van der Waals surface area contributed by atoms with E-state index in [4.69, 9.17) is 10.8 Å². The Morgan fingerprint density at radius 1 is 1.30 bits per heavy atom. The molecule has 2 atom stereocenters. The second-order valence-electron chi connectivity index (χ2n) is 10.6. The molecule has 1 aliphatic rings. The third-order valence-electron chi connectivity index (χ3n) is 7.35. The van der Waals surface area contributed by atoms with E-state index in [1.165, 1.54) is 32.8 Å². The smallest absolute Gasteiger partial charge is 0.167 e. The van der Waals surface area contributed by atoms with Gasteiger partial charge in [0.15, 0.2) is 6.29 Å². The maximum absolute atomic E-state index is 13.8. The van der Waals surface area contributed by atoms with Crippen molar-refractivity contribution >= 4 is 62.3 Å². The van der Waals surface area contributed by atoms with Crippen molar-refractivity contribution in [3.63, 3.8) is 0 Å². The lowest BCUT2D eigenvalue weighted by Crippen LogP contribution is -2.30. The van der Waals surface area contributed by atoms with Crippen LogP contribution in [0.1, 0.15) is 57.4 Å². The van der Waals surface area contributed by atoms with Crippen molar-refractivity contribution in [1.29, 1.82) is 0 Å². The molecule has 3 heterocycles. The van der Waals surface area contributed by atoms with E-state index in [0.29, 0.717) is 17.9 Å². The van der Waals surface area contributed by atoms with Crippen LogP contribution in [-0.4, -0.2) is 66.7 Å². The van der Waals surface area contributed by atoms with Gasteiger partial charge in [0.05, 0.1) is 24.0 Å². The van der Waals surface area contributed by atoms with Crippen molar-refractivity contribution in [1.82, 2.24) is 20.5 Å². The first kappa shape index (κ1) is 39.3. The Morgan fingerprint density at radius 2 is 2.04 bits per heavy atom. The number of pyridine rings is 1. The number of halogens is 1. The van der Waals surface area contributed by atoms with Gasteiger partial charge in [0.2, 0.25) is 0 Å². The molecule has 1 aliphatic heterocycles. The Bertz CT molecular complexity index is 1600. The quantitative estimate of drug-likeness (QED) is 0.125. The maximum Gasteiger partial charge on any atom is 0.167 e. The second kappa shape index (κ2) is 20.4. The summed E-state index contributed by atoms with van der Waals surface area (Å²) in [6.07, 6.45) is 9.28. The van der Waals surface area contributed by atoms with Gasteiger partial charge in [0.1, 0.15) is 23.8 Å². The Hall–Kier alpha value is -3.84. The van der Waals surface area contributed by atoms with Crippen LogP contribution in [-0.2, 0) is 16.1 Å². The molecule has 12 heteroatoms. The Kier molecular flexibility index (Phi) is 17.1. The molecule has 254 valence electrons. The van der Waals surface area contributed by atoms with Gasteiger partial charge in [0, 0.05) is 58.1 Å². The first-order chi connectivity index (χ1) is 22.6. The summed E-state index contributed by atoms with van der Waals surface area (Å²) in [6.45, 7) is 8.95. The molecule has 1 aromatic carbocycles. The number of carbonyl (C=O) groups is 2. The number of hydrogen-bond acceptors (Lipinski definition) is 10. The lowest BCUT2D eigenvalue weighted by atomic mass is 10.1. The monoisotopic (exact) mass is 682 g/mol. The lowest BCUT2D eigenvalue weighted by molar-refractivity contribution is -0.110.